The molecule has 0 rings (SSSR count). The molecule has 0 aliphatic carbocycles. The number of hydrogen-bond acceptors (Lipinski definition) is 6. The lowest BCUT2D eigenvalue weighted by molar-refractivity contribution is -0.260. The first-order valence-electron chi connectivity index (χ1n) is 8.14. The van der Waals surface area contributed by atoms with Crippen molar-refractivity contribution in [1.82, 2.24) is 0 Å². The predicted molar refractivity (Wildman–Crippen MR) is 86.5 cm³/mol. The van der Waals surface area contributed by atoms with E-state index < -0.39 is 17.4 Å². The number of rotatable bonds is 8. The van der Waals surface area contributed by atoms with Crippen molar-refractivity contribution in [1.29, 1.82) is 0 Å². The van der Waals surface area contributed by atoms with E-state index in [4.69, 9.17) is 10.5 Å². The summed E-state index contributed by atoms with van der Waals surface area (Å²) in [7, 11) is 0. The molecule has 0 saturated heterocycles. The number of carbonyl (C=O) groups is 2. The quantitative estimate of drug-likeness (QED) is 0.388. The normalized spacial score (nSPS) is 12.9. The van der Waals surface area contributed by atoms with Gasteiger partial charge in [0.1, 0.15) is 0 Å². The summed E-state index contributed by atoms with van der Waals surface area (Å²) in [5.74, 6) is -1.23. The standard InChI is InChI=1S/C17H32O6/c1-15(2,3)17(14(19)23-21,16(4,5)6)12-10-8-7-9-11-13(18)22-20/h20-21H,7-12H2,1-6H3. The average Bonchev–Trinajstić information content (AvgIpc) is 2.42. The number of carbonyl (C=O) groups excluding carboxylic acids is 2. The maximum atomic E-state index is 12.4. The minimum Gasteiger partial charge on any atom is -0.301 e. The maximum absolute atomic E-state index is 12.4. The van der Waals surface area contributed by atoms with Gasteiger partial charge in [0.05, 0.1) is 5.41 Å². The van der Waals surface area contributed by atoms with Gasteiger partial charge in [0.2, 0.25) is 0 Å². The highest BCUT2D eigenvalue weighted by atomic mass is 17.1. The fraction of sp³-hybridized carbons (Fsp3) is 0.882. The molecule has 0 aromatic heterocycles. The Hall–Kier alpha value is -1.14. The van der Waals surface area contributed by atoms with E-state index in [1.54, 1.807) is 0 Å². The fourth-order valence-electron chi connectivity index (χ4n) is 3.73. The molecule has 136 valence electrons. The number of hydrogen-bond donors (Lipinski definition) is 2. The first-order chi connectivity index (χ1) is 10.4. The Morgan fingerprint density at radius 2 is 1.26 bits per heavy atom. The van der Waals surface area contributed by atoms with Crippen LogP contribution in [0.1, 0.15) is 80.1 Å². The summed E-state index contributed by atoms with van der Waals surface area (Å²) in [6.45, 7) is 11.9. The smallest absolute Gasteiger partial charge is 0.301 e. The van der Waals surface area contributed by atoms with Crippen molar-refractivity contribution in [2.75, 3.05) is 0 Å². The second-order valence-corrected chi connectivity index (χ2v) is 8.16. The zero-order valence-corrected chi connectivity index (χ0v) is 15.3. The van der Waals surface area contributed by atoms with Gasteiger partial charge in [-0.1, -0.05) is 60.8 Å². The molecule has 0 radical (unpaired) electrons. The minimum absolute atomic E-state index is 0.179. The summed E-state index contributed by atoms with van der Waals surface area (Å²) in [6.07, 6.45) is 3.81. The topological polar surface area (TPSA) is 93.1 Å². The Morgan fingerprint density at radius 1 is 0.783 bits per heavy atom. The van der Waals surface area contributed by atoms with E-state index in [0.717, 1.165) is 19.3 Å². The van der Waals surface area contributed by atoms with Crippen molar-refractivity contribution in [3.8, 4) is 0 Å². The van der Waals surface area contributed by atoms with Gasteiger partial charge >= 0.3 is 11.9 Å². The summed E-state index contributed by atoms with van der Waals surface area (Å²) >= 11 is 0. The molecule has 0 aliphatic rings. The summed E-state index contributed by atoms with van der Waals surface area (Å²) in [5, 5.41) is 17.2. The Bertz CT molecular complexity index is 375. The molecule has 0 aliphatic heterocycles. The molecule has 0 fully saturated rings. The van der Waals surface area contributed by atoms with Gasteiger partial charge in [-0.15, -0.1) is 0 Å². The zero-order valence-electron chi connectivity index (χ0n) is 15.3. The Kier molecular flexibility index (Phi) is 8.21. The fourth-order valence-corrected chi connectivity index (χ4v) is 3.73. The molecular formula is C17H32O6. The van der Waals surface area contributed by atoms with Crippen molar-refractivity contribution in [2.45, 2.75) is 80.1 Å². The van der Waals surface area contributed by atoms with Crippen LogP contribution in [-0.4, -0.2) is 22.5 Å². The van der Waals surface area contributed by atoms with Crippen LogP contribution < -0.4 is 0 Å². The third-order valence-electron chi connectivity index (χ3n) is 4.78. The lowest BCUT2D eigenvalue weighted by Gasteiger charge is -2.50. The molecule has 0 aromatic carbocycles. The highest BCUT2D eigenvalue weighted by Crippen LogP contribution is 2.55. The maximum Gasteiger partial charge on any atom is 0.349 e. The van der Waals surface area contributed by atoms with Gasteiger partial charge in [0.25, 0.3) is 0 Å². The van der Waals surface area contributed by atoms with Crippen molar-refractivity contribution >= 4 is 11.9 Å². The molecule has 6 nitrogen and oxygen atoms in total. The molecule has 0 amide bonds. The van der Waals surface area contributed by atoms with Gasteiger partial charge in [-0.3, -0.25) is 0 Å². The van der Waals surface area contributed by atoms with Crippen LogP contribution in [0.25, 0.3) is 0 Å². The van der Waals surface area contributed by atoms with Gasteiger partial charge in [0.15, 0.2) is 0 Å². The van der Waals surface area contributed by atoms with Gasteiger partial charge in [-0.25, -0.2) is 9.59 Å². The lowest BCUT2D eigenvalue weighted by atomic mass is 9.52. The minimum atomic E-state index is -0.821. The third kappa shape index (κ3) is 5.46. The average molecular weight is 332 g/mol. The van der Waals surface area contributed by atoms with Gasteiger partial charge in [-0.2, -0.15) is 10.5 Å². The van der Waals surface area contributed by atoms with E-state index >= 15 is 0 Å². The molecule has 0 atom stereocenters. The molecule has 0 spiro atoms. The summed E-state index contributed by atoms with van der Waals surface area (Å²) in [4.78, 5) is 31.0. The molecule has 23 heavy (non-hydrogen) atoms. The largest absolute Gasteiger partial charge is 0.349 e. The first-order valence-corrected chi connectivity index (χ1v) is 8.14. The summed E-state index contributed by atoms with van der Waals surface area (Å²) in [5.41, 5.74) is -1.59. The van der Waals surface area contributed by atoms with Crippen molar-refractivity contribution < 1.29 is 29.9 Å². The third-order valence-corrected chi connectivity index (χ3v) is 4.78. The molecule has 2 N–H and O–H groups in total. The first kappa shape index (κ1) is 21.9. The lowest BCUT2D eigenvalue weighted by Crippen LogP contribution is -2.52. The molecule has 0 bridgehead atoms. The van der Waals surface area contributed by atoms with Crippen LogP contribution in [0.2, 0.25) is 0 Å². The molecule has 0 saturated carbocycles. The Morgan fingerprint density at radius 3 is 1.65 bits per heavy atom. The van der Waals surface area contributed by atoms with Crippen LogP contribution in [0.15, 0.2) is 0 Å². The zero-order chi connectivity index (χ0) is 18.3. The van der Waals surface area contributed by atoms with Crippen LogP contribution >= 0.6 is 0 Å². The van der Waals surface area contributed by atoms with Crippen LogP contribution in [0.3, 0.4) is 0 Å². The molecule has 0 unspecified atom stereocenters. The summed E-state index contributed by atoms with van der Waals surface area (Å²) in [6, 6.07) is 0. The van der Waals surface area contributed by atoms with E-state index in [-0.39, 0.29) is 17.3 Å². The second kappa shape index (κ2) is 8.64. The highest BCUT2D eigenvalue weighted by Gasteiger charge is 2.57. The number of unbranched alkanes of at least 4 members (excludes halogenated alkanes) is 3. The van der Waals surface area contributed by atoms with Crippen LogP contribution in [0, 0.1) is 16.2 Å². The van der Waals surface area contributed by atoms with E-state index in [0.29, 0.717) is 12.8 Å². The van der Waals surface area contributed by atoms with Crippen LogP contribution in [-0.2, 0) is 19.4 Å². The van der Waals surface area contributed by atoms with E-state index in [2.05, 4.69) is 9.78 Å². The van der Waals surface area contributed by atoms with E-state index in [9.17, 15) is 9.59 Å². The van der Waals surface area contributed by atoms with Crippen molar-refractivity contribution in [3.63, 3.8) is 0 Å². The molecular weight excluding hydrogens is 300 g/mol. The van der Waals surface area contributed by atoms with E-state index in [1.807, 2.05) is 41.5 Å². The highest BCUT2D eigenvalue weighted by molar-refractivity contribution is 5.78. The Balaban J connectivity index is 4.86. The molecule has 0 aromatic rings. The molecule has 6 heteroatoms. The second-order valence-electron chi connectivity index (χ2n) is 8.16. The van der Waals surface area contributed by atoms with Gasteiger partial charge < -0.3 is 9.78 Å². The van der Waals surface area contributed by atoms with Crippen LogP contribution in [0.5, 0.6) is 0 Å². The van der Waals surface area contributed by atoms with Crippen molar-refractivity contribution in [3.05, 3.63) is 0 Å². The Labute approximate surface area is 139 Å². The summed E-state index contributed by atoms with van der Waals surface area (Å²) < 4.78 is 0. The van der Waals surface area contributed by atoms with Crippen LogP contribution in [0.4, 0.5) is 0 Å². The van der Waals surface area contributed by atoms with Crippen molar-refractivity contribution in [2.24, 2.45) is 16.2 Å². The predicted octanol–water partition coefficient (Wildman–Crippen LogP) is 4.44. The monoisotopic (exact) mass is 332 g/mol. The SMILES string of the molecule is CC(C)(C)C(CCCCCCC(=O)OO)(C(=O)OO)C(C)(C)C. The van der Waals surface area contributed by atoms with Gasteiger partial charge in [0, 0.05) is 6.42 Å². The van der Waals surface area contributed by atoms with Gasteiger partial charge in [-0.05, 0) is 23.7 Å². The molecule has 0 heterocycles. The van der Waals surface area contributed by atoms with E-state index in [1.165, 1.54) is 0 Å².